The fourth-order valence-electron chi connectivity index (χ4n) is 5.37. The first kappa shape index (κ1) is 23.5. The van der Waals surface area contributed by atoms with Crippen molar-refractivity contribution in [2.45, 2.75) is 54.8 Å². The maximum Gasteiger partial charge on any atom is 0.573 e. The molecule has 0 atom stereocenters. The summed E-state index contributed by atoms with van der Waals surface area (Å²) in [5.41, 5.74) is 0.121. The Balaban J connectivity index is 0.960. The number of H-pyrrole nitrogens is 1. The molecule has 2 saturated heterocycles. The lowest BCUT2D eigenvalue weighted by molar-refractivity contribution is -0.274. The third-order valence-corrected chi connectivity index (χ3v) is 8.87. The Hall–Kier alpha value is -2.87. The number of alkyl halides is 3. The molecule has 0 radical (unpaired) electrons. The van der Waals surface area contributed by atoms with E-state index >= 15 is 0 Å². The standard InChI is InChI=1S/C22H25F3N6O4S/c23-22(24,25)35-16-2-1-3-17(6-16)36(33,34)29-15-9-30(10-15)20(32)31-11-21(12-31)7-14(8-21)19-26-18(27-28-19)13-4-5-13/h1-3,6,13-15,29H,4-5,7-12H2,(H,26,27,28). The van der Waals surface area contributed by atoms with Crippen LogP contribution in [0.4, 0.5) is 18.0 Å². The van der Waals surface area contributed by atoms with Gasteiger partial charge in [0, 0.05) is 49.5 Å². The van der Waals surface area contributed by atoms with Crippen LogP contribution in [0.15, 0.2) is 29.2 Å². The van der Waals surface area contributed by atoms with Gasteiger partial charge in [-0.15, -0.1) is 13.2 Å². The van der Waals surface area contributed by atoms with E-state index in [1.807, 2.05) is 0 Å². The molecule has 6 rings (SSSR count). The van der Waals surface area contributed by atoms with Crippen molar-refractivity contribution < 1.29 is 31.1 Å². The van der Waals surface area contributed by atoms with Gasteiger partial charge in [-0.3, -0.25) is 5.10 Å². The van der Waals surface area contributed by atoms with Crippen LogP contribution in [0.25, 0.3) is 0 Å². The minimum Gasteiger partial charge on any atom is -0.406 e. The summed E-state index contributed by atoms with van der Waals surface area (Å²) in [6.07, 6.45) is -0.668. The van der Waals surface area contributed by atoms with E-state index in [2.05, 4.69) is 24.6 Å². The molecule has 2 aromatic rings. The molecule has 1 aromatic carbocycles. The summed E-state index contributed by atoms with van der Waals surface area (Å²) < 4.78 is 68.7. The van der Waals surface area contributed by atoms with Crippen molar-refractivity contribution in [3.05, 3.63) is 35.9 Å². The number of hydrogen-bond donors (Lipinski definition) is 2. The number of aromatic amines is 1. The van der Waals surface area contributed by atoms with Crippen LogP contribution >= 0.6 is 0 Å². The molecule has 4 fully saturated rings. The van der Waals surface area contributed by atoms with Gasteiger partial charge in [0.15, 0.2) is 5.82 Å². The minimum atomic E-state index is -4.92. The first-order valence-corrected chi connectivity index (χ1v) is 13.3. The van der Waals surface area contributed by atoms with Gasteiger partial charge in [-0.25, -0.2) is 22.9 Å². The van der Waals surface area contributed by atoms with Crippen molar-refractivity contribution in [1.29, 1.82) is 0 Å². The van der Waals surface area contributed by atoms with Crippen molar-refractivity contribution in [2.75, 3.05) is 26.2 Å². The molecular formula is C22H25F3N6O4S. The number of carbonyl (C=O) groups is 1. The van der Waals surface area contributed by atoms with Crippen LogP contribution in [0.1, 0.15) is 49.2 Å². The topological polar surface area (TPSA) is 121 Å². The van der Waals surface area contributed by atoms with E-state index in [1.165, 1.54) is 25.0 Å². The summed E-state index contributed by atoms with van der Waals surface area (Å²) in [5, 5.41) is 7.42. The van der Waals surface area contributed by atoms with E-state index in [0.29, 0.717) is 24.9 Å². The van der Waals surface area contributed by atoms with Gasteiger partial charge < -0.3 is 14.5 Å². The molecule has 36 heavy (non-hydrogen) atoms. The number of amides is 2. The maximum atomic E-state index is 12.8. The third-order valence-electron chi connectivity index (χ3n) is 7.35. The summed E-state index contributed by atoms with van der Waals surface area (Å²) in [7, 11) is -4.07. The number of carbonyl (C=O) groups excluding carboxylic acids is 1. The number of nitrogens with one attached hydrogen (secondary N) is 2. The van der Waals surface area contributed by atoms with Gasteiger partial charge in [0.05, 0.1) is 10.9 Å². The summed E-state index contributed by atoms with van der Waals surface area (Å²) in [5.74, 6) is 2.11. The lowest BCUT2D eigenvalue weighted by Gasteiger charge is -2.59. The van der Waals surface area contributed by atoms with Crippen LogP contribution in [-0.4, -0.2) is 78.0 Å². The fourth-order valence-corrected chi connectivity index (χ4v) is 6.62. The van der Waals surface area contributed by atoms with Gasteiger partial charge in [-0.2, -0.15) is 5.10 Å². The van der Waals surface area contributed by atoms with E-state index < -0.39 is 28.2 Å². The molecule has 2 amide bonds. The zero-order chi connectivity index (χ0) is 25.3. The van der Waals surface area contributed by atoms with Gasteiger partial charge in [0.25, 0.3) is 0 Å². The van der Waals surface area contributed by atoms with E-state index in [-0.39, 0.29) is 29.4 Å². The number of sulfonamides is 1. The number of ether oxygens (including phenoxy) is 1. The van der Waals surface area contributed by atoms with Gasteiger partial charge in [0.1, 0.15) is 11.6 Å². The second-order valence-corrected chi connectivity index (χ2v) is 12.1. The molecular weight excluding hydrogens is 501 g/mol. The summed E-state index contributed by atoms with van der Waals surface area (Å²) >= 11 is 0. The van der Waals surface area contributed by atoms with Crippen LogP contribution in [0.2, 0.25) is 0 Å². The first-order chi connectivity index (χ1) is 17.0. The van der Waals surface area contributed by atoms with E-state index in [4.69, 9.17) is 0 Å². The molecule has 3 heterocycles. The predicted molar refractivity (Wildman–Crippen MR) is 119 cm³/mol. The highest BCUT2D eigenvalue weighted by atomic mass is 32.2. The van der Waals surface area contributed by atoms with E-state index in [9.17, 15) is 26.4 Å². The average molecular weight is 527 g/mol. The SMILES string of the molecule is O=C(N1CC(NS(=O)(=O)c2cccc(OC(F)(F)F)c2)C1)N1CC2(CC(c3n[nH]c(C4CC4)n3)C2)C1. The highest BCUT2D eigenvalue weighted by Crippen LogP contribution is 2.55. The van der Waals surface area contributed by atoms with Crippen molar-refractivity contribution in [1.82, 2.24) is 29.7 Å². The Kier molecular flexibility index (Phi) is 5.27. The zero-order valence-electron chi connectivity index (χ0n) is 19.2. The Labute approximate surface area is 205 Å². The zero-order valence-corrected chi connectivity index (χ0v) is 20.0. The Morgan fingerprint density at radius 2 is 1.86 bits per heavy atom. The molecule has 0 unspecified atom stereocenters. The van der Waals surface area contributed by atoms with Gasteiger partial charge in [-0.1, -0.05) is 6.07 Å². The summed E-state index contributed by atoms with van der Waals surface area (Å²) in [4.78, 5) is 20.4. The second-order valence-electron chi connectivity index (χ2n) is 10.3. The lowest BCUT2D eigenvalue weighted by atomic mass is 9.57. The normalized spacial score (nSPS) is 22.2. The maximum absolute atomic E-state index is 12.8. The van der Waals surface area contributed by atoms with Crippen molar-refractivity contribution in [2.24, 2.45) is 5.41 Å². The van der Waals surface area contributed by atoms with Crippen LogP contribution in [0.5, 0.6) is 5.75 Å². The summed E-state index contributed by atoms with van der Waals surface area (Å²) in [6, 6.07) is 3.55. The molecule has 2 N–H and O–H groups in total. The van der Waals surface area contributed by atoms with Crippen molar-refractivity contribution in [3.63, 3.8) is 0 Å². The molecule has 10 nitrogen and oxygen atoms in total. The third kappa shape index (κ3) is 4.51. The highest BCUT2D eigenvalue weighted by Gasteiger charge is 2.56. The molecule has 2 aliphatic heterocycles. The van der Waals surface area contributed by atoms with Crippen LogP contribution < -0.4 is 9.46 Å². The van der Waals surface area contributed by atoms with Crippen LogP contribution in [0, 0.1) is 5.41 Å². The quantitative estimate of drug-likeness (QED) is 0.597. The number of nitrogens with zero attached hydrogens (tertiary/aromatic N) is 4. The molecule has 2 saturated carbocycles. The lowest BCUT2D eigenvalue weighted by Crippen LogP contribution is -2.69. The largest absolute Gasteiger partial charge is 0.573 e. The van der Waals surface area contributed by atoms with Crippen molar-refractivity contribution in [3.8, 4) is 5.75 Å². The second kappa shape index (κ2) is 8.07. The number of halogens is 3. The van der Waals surface area contributed by atoms with Gasteiger partial charge in [-0.05, 0) is 37.8 Å². The predicted octanol–water partition coefficient (Wildman–Crippen LogP) is 2.54. The first-order valence-electron chi connectivity index (χ1n) is 11.8. The number of benzene rings is 1. The number of urea groups is 1. The molecule has 1 spiro atoms. The van der Waals surface area contributed by atoms with Crippen LogP contribution in [0.3, 0.4) is 0 Å². The molecule has 14 heteroatoms. The Bertz CT molecular complexity index is 1270. The van der Waals surface area contributed by atoms with Gasteiger partial charge in [0.2, 0.25) is 10.0 Å². The molecule has 1 aromatic heterocycles. The Morgan fingerprint density at radius 3 is 2.53 bits per heavy atom. The fraction of sp³-hybridized carbons (Fsp3) is 0.591. The molecule has 4 aliphatic rings. The number of aromatic nitrogens is 3. The van der Waals surface area contributed by atoms with Crippen molar-refractivity contribution >= 4 is 16.1 Å². The Morgan fingerprint density at radius 1 is 1.14 bits per heavy atom. The summed E-state index contributed by atoms with van der Waals surface area (Å²) in [6.45, 7) is 1.73. The number of rotatable bonds is 6. The smallest absolute Gasteiger partial charge is 0.406 e. The average Bonchev–Trinajstić information content (AvgIpc) is 3.45. The van der Waals surface area contributed by atoms with E-state index in [0.717, 1.165) is 36.6 Å². The number of likely N-dealkylation sites (tertiary alicyclic amines) is 2. The molecule has 194 valence electrons. The highest BCUT2D eigenvalue weighted by molar-refractivity contribution is 7.89. The molecule has 2 aliphatic carbocycles. The van der Waals surface area contributed by atoms with Crippen LogP contribution in [-0.2, 0) is 10.0 Å². The minimum absolute atomic E-state index is 0.121. The number of hydrogen-bond acceptors (Lipinski definition) is 6. The van der Waals surface area contributed by atoms with E-state index in [1.54, 1.807) is 9.80 Å². The van der Waals surface area contributed by atoms with Gasteiger partial charge >= 0.3 is 12.4 Å². The molecule has 0 bridgehead atoms. The monoisotopic (exact) mass is 526 g/mol.